The third-order valence-corrected chi connectivity index (χ3v) is 3.82. The number of aromatic hydroxyl groups is 1. The molecule has 0 amide bonds. The molecule has 1 rings (SSSR count). The quantitative estimate of drug-likeness (QED) is 0.514. The molecule has 0 aromatic heterocycles. The Kier molecular flexibility index (Phi) is 11.4. The van der Waals surface area contributed by atoms with E-state index >= 15 is 0 Å². The van der Waals surface area contributed by atoms with Crippen molar-refractivity contribution in [3.05, 3.63) is 26.6 Å². The Bertz CT molecular complexity index is 433. The first-order valence-corrected chi connectivity index (χ1v) is 8.17. The van der Waals surface area contributed by atoms with E-state index in [1.807, 2.05) is 6.07 Å². The van der Waals surface area contributed by atoms with Crippen LogP contribution >= 0.6 is 31.9 Å². The molecule has 0 spiro atoms. The van der Waals surface area contributed by atoms with E-state index in [2.05, 4.69) is 38.8 Å². The van der Waals surface area contributed by atoms with E-state index in [0.717, 1.165) is 19.1 Å². The Morgan fingerprint density at radius 1 is 1.20 bits per heavy atom. The van der Waals surface area contributed by atoms with Crippen LogP contribution in [0, 0.1) is 11.3 Å². The third kappa shape index (κ3) is 8.34. The number of halogens is 2. The predicted molar refractivity (Wildman–Crippen MR) is 87.7 cm³/mol. The lowest BCUT2D eigenvalue weighted by atomic mass is 10.1. The summed E-state index contributed by atoms with van der Waals surface area (Å²) in [4.78, 5) is 9.84. The van der Waals surface area contributed by atoms with E-state index in [1.165, 1.54) is 37.8 Å². The van der Waals surface area contributed by atoms with Crippen LogP contribution in [0.5, 0.6) is 5.75 Å². The van der Waals surface area contributed by atoms with Gasteiger partial charge in [0.2, 0.25) is 0 Å². The van der Waals surface area contributed by atoms with Crippen LogP contribution in [0.4, 0.5) is 0 Å². The van der Waals surface area contributed by atoms with Crippen LogP contribution in [-0.4, -0.2) is 11.4 Å². The van der Waals surface area contributed by atoms with Gasteiger partial charge in [-0.15, -0.1) is 0 Å². The van der Waals surface area contributed by atoms with Crippen LogP contribution in [-0.2, 0) is 4.79 Å². The fraction of sp³-hybridized carbons (Fsp3) is 0.467. The molecule has 20 heavy (non-hydrogen) atoms. The summed E-state index contributed by atoms with van der Waals surface area (Å²) in [6.45, 7) is 2.19. The molecule has 110 valence electrons. The fourth-order valence-corrected chi connectivity index (χ4v) is 2.84. The smallest absolute Gasteiger partial charge is 0.119 e. The van der Waals surface area contributed by atoms with E-state index in [4.69, 9.17) is 10.4 Å². The summed E-state index contributed by atoms with van der Waals surface area (Å²) in [5.74, 6) is 0.128. The van der Waals surface area contributed by atoms with Gasteiger partial charge in [0, 0.05) is 15.4 Å². The standard InChI is InChI=1S/C8H16O.C7H3Br2NO/c1-2-3-4-5-6-7-8-9;8-6-1-4(11)2-7(9)5(6)3-10/h8H,2-7H2,1H3;1-2,11H. The molecule has 0 aliphatic heterocycles. The molecule has 0 unspecified atom stereocenters. The van der Waals surface area contributed by atoms with Crippen molar-refractivity contribution < 1.29 is 9.90 Å². The number of aldehydes is 1. The van der Waals surface area contributed by atoms with Gasteiger partial charge in [0.15, 0.2) is 0 Å². The maximum atomic E-state index is 9.84. The number of carbonyl (C=O) groups excluding carboxylic acids is 1. The van der Waals surface area contributed by atoms with Gasteiger partial charge in [0.05, 0.1) is 5.56 Å². The summed E-state index contributed by atoms with van der Waals surface area (Å²) >= 11 is 6.29. The molecule has 0 saturated heterocycles. The number of unbranched alkanes of at least 4 members (excludes halogenated alkanes) is 5. The lowest BCUT2D eigenvalue weighted by Crippen LogP contribution is -1.79. The van der Waals surface area contributed by atoms with Crippen LogP contribution in [0.25, 0.3) is 0 Å². The monoisotopic (exact) mass is 403 g/mol. The average Bonchev–Trinajstić information content (AvgIpc) is 2.39. The molecule has 5 heteroatoms. The number of rotatable bonds is 6. The number of hydrogen-bond donors (Lipinski definition) is 1. The summed E-state index contributed by atoms with van der Waals surface area (Å²) in [5, 5.41) is 17.6. The van der Waals surface area contributed by atoms with E-state index in [1.54, 1.807) is 0 Å². The van der Waals surface area contributed by atoms with Crippen molar-refractivity contribution in [1.29, 1.82) is 5.26 Å². The Labute approximate surface area is 137 Å². The van der Waals surface area contributed by atoms with E-state index < -0.39 is 0 Å². The van der Waals surface area contributed by atoms with Crippen molar-refractivity contribution in [3.63, 3.8) is 0 Å². The molecule has 0 radical (unpaired) electrons. The van der Waals surface area contributed by atoms with Crippen molar-refractivity contribution >= 4 is 38.1 Å². The highest BCUT2D eigenvalue weighted by atomic mass is 79.9. The largest absolute Gasteiger partial charge is 0.508 e. The van der Waals surface area contributed by atoms with Gasteiger partial charge in [-0.25, -0.2) is 0 Å². The number of hydrogen-bond acceptors (Lipinski definition) is 3. The van der Waals surface area contributed by atoms with Gasteiger partial charge in [-0.1, -0.05) is 32.6 Å². The molecule has 1 aromatic rings. The van der Waals surface area contributed by atoms with E-state index in [0.29, 0.717) is 14.5 Å². The van der Waals surface area contributed by atoms with Crippen molar-refractivity contribution in [1.82, 2.24) is 0 Å². The molecular formula is C15H19Br2NO2. The molecule has 0 aliphatic carbocycles. The summed E-state index contributed by atoms with van der Waals surface area (Å²) in [6.07, 6.45) is 7.97. The van der Waals surface area contributed by atoms with Crippen LogP contribution in [0.1, 0.15) is 51.0 Å². The summed E-state index contributed by atoms with van der Waals surface area (Å²) < 4.78 is 1.18. The maximum Gasteiger partial charge on any atom is 0.119 e. The van der Waals surface area contributed by atoms with Crippen molar-refractivity contribution in [2.75, 3.05) is 0 Å². The highest BCUT2D eigenvalue weighted by molar-refractivity contribution is 9.11. The summed E-state index contributed by atoms with van der Waals surface area (Å²) in [6, 6.07) is 4.94. The first-order chi connectivity index (χ1) is 9.56. The van der Waals surface area contributed by atoms with Crippen LogP contribution < -0.4 is 0 Å². The first-order valence-electron chi connectivity index (χ1n) is 6.58. The first kappa shape index (κ1) is 19.1. The van der Waals surface area contributed by atoms with Gasteiger partial charge in [-0.2, -0.15) is 5.26 Å². The van der Waals surface area contributed by atoms with Crippen LogP contribution in [0.3, 0.4) is 0 Å². The molecule has 0 bridgehead atoms. The Hall–Kier alpha value is -0.860. The second kappa shape index (κ2) is 11.9. The second-order valence-corrected chi connectivity index (χ2v) is 5.97. The van der Waals surface area contributed by atoms with Crippen molar-refractivity contribution in [3.8, 4) is 11.8 Å². The van der Waals surface area contributed by atoms with E-state index in [9.17, 15) is 4.79 Å². The summed E-state index contributed by atoms with van der Waals surface area (Å²) in [7, 11) is 0. The Balaban J connectivity index is 0.000000370. The Morgan fingerprint density at radius 2 is 1.75 bits per heavy atom. The minimum Gasteiger partial charge on any atom is -0.508 e. The third-order valence-electron chi connectivity index (χ3n) is 2.56. The molecule has 0 fully saturated rings. The molecule has 0 atom stereocenters. The minimum atomic E-state index is 0.128. The van der Waals surface area contributed by atoms with Crippen molar-refractivity contribution in [2.45, 2.75) is 45.4 Å². The number of phenolic OH excluding ortho intramolecular Hbond substituents is 1. The SMILES string of the molecule is CCCCCCCC=O.N#Cc1c(Br)cc(O)cc1Br. The van der Waals surface area contributed by atoms with Gasteiger partial charge in [-0.3, -0.25) is 0 Å². The zero-order chi connectivity index (χ0) is 15.4. The van der Waals surface area contributed by atoms with E-state index in [-0.39, 0.29) is 5.75 Å². The maximum absolute atomic E-state index is 9.84. The Morgan fingerprint density at radius 3 is 2.20 bits per heavy atom. The molecule has 3 nitrogen and oxygen atoms in total. The highest BCUT2D eigenvalue weighted by Gasteiger charge is 2.05. The number of carbonyl (C=O) groups is 1. The number of phenols is 1. The zero-order valence-corrected chi connectivity index (χ0v) is 14.7. The molecule has 1 aromatic carbocycles. The van der Waals surface area contributed by atoms with Gasteiger partial charge in [0.1, 0.15) is 18.1 Å². The molecule has 0 heterocycles. The van der Waals surface area contributed by atoms with Crippen LogP contribution in [0.15, 0.2) is 21.1 Å². The summed E-state index contributed by atoms with van der Waals surface area (Å²) in [5.41, 5.74) is 0.489. The number of benzene rings is 1. The van der Waals surface area contributed by atoms with Gasteiger partial charge < -0.3 is 9.90 Å². The molecule has 1 N–H and O–H groups in total. The molecule has 0 saturated carbocycles. The lowest BCUT2D eigenvalue weighted by molar-refractivity contribution is -0.107. The number of nitrogens with zero attached hydrogens (tertiary/aromatic N) is 1. The lowest BCUT2D eigenvalue weighted by Gasteiger charge is -1.98. The fourth-order valence-electron chi connectivity index (χ4n) is 1.50. The second-order valence-electron chi connectivity index (χ2n) is 4.27. The minimum absolute atomic E-state index is 0.128. The van der Waals surface area contributed by atoms with Gasteiger partial charge >= 0.3 is 0 Å². The zero-order valence-electron chi connectivity index (χ0n) is 11.5. The number of nitriles is 1. The van der Waals surface area contributed by atoms with Gasteiger partial charge in [-0.05, 0) is 50.4 Å². The average molecular weight is 405 g/mol. The highest BCUT2D eigenvalue weighted by Crippen LogP contribution is 2.29. The van der Waals surface area contributed by atoms with Crippen molar-refractivity contribution in [2.24, 2.45) is 0 Å². The normalized spacial score (nSPS) is 9.30. The topological polar surface area (TPSA) is 61.1 Å². The van der Waals surface area contributed by atoms with Crippen LogP contribution in [0.2, 0.25) is 0 Å². The molecular weight excluding hydrogens is 386 g/mol. The van der Waals surface area contributed by atoms with Gasteiger partial charge in [0.25, 0.3) is 0 Å². The molecule has 0 aliphatic rings. The predicted octanol–water partition coefficient (Wildman–Crippen LogP) is 5.33.